The van der Waals surface area contributed by atoms with Crippen LogP contribution < -0.4 is 5.32 Å². The second-order valence-electron chi connectivity index (χ2n) is 4.72. The molecule has 0 aliphatic carbocycles. The van der Waals surface area contributed by atoms with Gasteiger partial charge in [0.1, 0.15) is 6.04 Å². The van der Waals surface area contributed by atoms with Gasteiger partial charge < -0.3 is 15.3 Å². The molecule has 2 amide bonds. The van der Waals surface area contributed by atoms with Gasteiger partial charge in [-0.3, -0.25) is 4.98 Å². The highest BCUT2D eigenvalue weighted by Crippen LogP contribution is 2.23. The van der Waals surface area contributed by atoms with Crippen LogP contribution in [0.3, 0.4) is 0 Å². The second kappa shape index (κ2) is 5.69. The number of pyridine rings is 1. The summed E-state index contributed by atoms with van der Waals surface area (Å²) >= 11 is 0. The van der Waals surface area contributed by atoms with E-state index in [-0.39, 0.29) is 11.9 Å². The molecule has 1 aliphatic heterocycles. The number of carboxylic acid groups (broad SMARTS) is 1. The molecular formula is C13H17N3O3. The minimum Gasteiger partial charge on any atom is -0.480 e. The fourth-order valence-corrected chi connectivity index (χ4v) is 2.32. The summed E-state index contributed by atoms with van der Waals surface area (Å²) in [6, 6.07) is 4.37. The number of likely N-dealkylation sites (tertiary alicyclic amines) is 1. The molecule has 2 rings (SSSR count). The molecule has 2 heterocycles. The van der Waals surface area contributed by atoms with Crippen LogP contribution in [0.25, 0.3) is 0 Å². The molecule has 1 fully saturated rings. The van der Waals surface area contributed by atoms with Crippen molar-refractivity contribution >= 4 is 12.0 Å². The normalized spacial score (nSPS) is 22.3. The minimum absolute atomic E-state index is 0.0156. The predicted molar refractivity (Wildman–Crippen MR) is 68.4 cm³/mol. The summed E-state index contributed by atoms with van der Waals surface area (Å²) in [7, 11) is 0. The van der Waals surface area contributed by atoms with Gasteiger partial charge in [-0.2, -0.15) is 0 Å². The standard InChI is InChI=1S/C13H17N3O3/c1-9-5-7-16(11(9)12(17)18)13(19)15-8-10-4-2-3-6-14-10/h2-4,6,9,11H,5,7-8H2,1H3,(H,15,19)(H,17,18). The van der Waals surface area contributed by atoms with Crippen LogP contribution in [0.1, 0.15) is 19.0 Å². The number of amides is 2. The highest BCUT2D eigenvalue weighted by atomic mass is 16.4. The lowest BCUT2D eigenvalue weighted by Gasteiger charge is -2.23. The number of aromatic nitrogens is 1. The van der Waals surface area contributed by atoms with E-state index in [2.05, 4.69) is 10.3 Å². The van der Waals surface area contributed by atoms with E-state index in [9.17, 15) is 9.59 Å². The number of nitrogens with one attached hydrogen (secondary N) is 1. The lowest BCUT2D eigenvalue weighted by atomic mass is 10.0. The third-order valence-electron chi connectivity index (χ3n) is 3.36. The number of aliphatic carboxylic acids is 1. The number of carbonyl (C=O) groups is 2. The van der Waals surface area contributed by atoms with Crippen molar-refractivity contribution in [2.24, 2.45) is 5.92 Å². The zero-order valence-electron chi connectivity index (χ0n) is 10.7. The van der Waals surface area contributed by atoms with Gasteiger partial charge in [0.2, 0.25) is 0 Å². The van der Waals surface area contributed by atoms with Crippen LogP contribution in [0.15, 0.2) is 24.4 Å². The molecule has 0 spiro atoms. The Kier molecular flexibility index (Phi) is 3.99. The van der Waals surface area contributed by atoms with Gasteiger partial charge in [-0.25, -0.2) is 9.59 Å². The maximum absolute atomic E-state index is 12.0. The Morgan fingerprint density at radius 3 is 2.95 bits per heavy atom. The predicted octanol–water partition coefficient (Wildman–Crippen LogP) is 1.09. The average molecular weight is 263 g/mol. The lowest BCUT2D eigenvalue weighted by molar-refractivity contribution is -0.142. The Morgan fingerprint density at radius 1 is 1.53 bits per heavy atom. The molecule has 6 nitrogen and oxygen atoms in total. The largest absolute Gasteiger partial charge is 0.480 e. The highest BCUT2D eigenvalue weighted by molar-refractivity contribution is 5.83. The van der Waals surface area contributed by atoms with Gasteiger partial charge in [-0.05, 0) is 24.5 Å². The van der Waals surface area contributed by atoms with Crippen LogP contribution in [0.4, 0.5) is 4.79 Å². The van der Waals surface area contributed by atoms with Gasteiger partial charge in [-0.1, -0.05) is 13.0 Å². The number of carboxylic acids is 1. The third kappa shape index (κ3) is 3.01. The van der Waals surface area contributed by atoms with Crippen molar-refractivity contribution in [3.8, 4) is 0 Å². The van der Waals surface area contributed by atoms with E-state index in [1.165, 1.54) is 4.90 Å². The zero-order chi connectivity index (χ0) is 13.8. The number of carbonyl (C=O) groups excluding carboxylic acids is 1. The van der Waals surface area contributed by atoms with Crippen molar-refractivity contribution in [2.75, 3.05) is 6.54 Å². The van der Waals surface area contributed by atoms with Crippen LogP contribution in [0, 0.1) is 5.92 Å². The Bertz CT molecular complexity index is 463. The first-order valence-electron chi connectivity index (χ1n) is 6.27. The summed E-state index contributed by atoms with van der Waals surface area (Å²) in [5, 5.41) is 11.9. The summed E-state index contributed by atoms with van der Waals surface area (Å²) in [4.78, 5) is 28.7. The molecule has 1 saturated heterocycles. The molecule has 1 aromatic heterocycles. The molecule has 2 unspecified atom stereocenters. The molecule has 6 heteroatoms. The molecule has 1 aromatic rings. The van der Waals surface area contributed by atoms with Crippen molar-refractivity contribution in [1.29, 1.82) is 0 Å². The molecule has 0 saturated carbocycles. The van der Waals surface area contributed by atoms with Gasteiger partial charge in [-0.15, -0.1) is 0 Å². The lowest BCUT2D eigenvalue weighted by Crippen LogP contribution is -2.47. The zero-order valence-corrected chi connectivity index (χ0v) is 10.7. The quantitative estimate of drug-likeness (QED) is 0.855. The molecule has 0 radical (unpaired) electrons. The van der Waals surface area contributed by atoms with Gasteiger partial charge >= 0.3 is 12.0 Å². The number of hydrogen-bond acceptors (Lipinski definition) is 3. The van der Waals surface area contributed by atoms with Crippen molar-refractivity contribution in [3.05, 3.63) is 30.1 Å². The molecule has 1 aliphatic rings. The molecule has 0 aromatic carbocycles. The third-order valence-corrected chi connectivity index (χ3v) is 3.36. The van der Waals surface area contributed by atoms with Crippen LogP contribution in [0.5, 0.6) is 0 Å². The molecule has 0 bridgehead atoms. The van der Waals surface area contributed by atoms with Crippen molar-refractivity contribution in [3.63, 3.8) is 0 Å². The molecule has 2 N–H and O–H groups in total. The van der Waals surface area contributed by atoms with Crippen molar-refractivity contribution in [1.82, 2.24) is 15.2 Å². The first kappa shape index (κ1) is 13.3. The smallest absolute Gasteiger partial charge is 0.326 e. The number of nitrogens with zero attached hydrogens (tertiary/aromatic N) is 2. The summed E-state index contributed by atoms with van der Waals surface area (Å²) in [5.41, 5.74) is 0.745. The van der Waals surface area contributed by atoms with Gasteiger partial charge in [0.25, 0.3) is 0 Å². The first-order valence-corrected chi connectivity index (χ1v) is 6.27. The molecule has 2 atom stereocenters. The SMILES string of the molecule is CC1CCN(C(=O)NCc2ccccn2)C1C(=O)O. The van der Waals surface area contributed by atoms with Gasteiger partial charge in [0.05, 0.1) is 12.2 Å². The topological polar surface area (TPSA) is 82.5 Å². The van der Waals surface area contributed by atoms with E-state index < -0.39 is 12.0 Å². The van der Waals surface area contributed by atoms with Gasteiger partial charge in [0, 0.05) is 12.7 Å². The Balaban J connectivity index is 1.95. The summed E-state index contributed by atoms with van der Waals surface area (Å²) < 4.78 is 0. The van der Waals surface area contributed by atoms with E-state index in [1.807, 2.05) is 19.1 Å². The fourth-order valence-electron chi connectivity index (χ4n) is 2.32. The monoisotopic (exact) mass is 263 g/mol. The molecular weight excluding hydrogens is 246 g/mol. The first-order chi connectivity index (χ1) is 9.09. The van der Waals surface area contributed by atoms with Crippen molar-refractivity contribution in [2.45, 2.75) is 25.9 Å². The van der Waals surface area contributed by atoms with E-state index in [1.54, 1.807) is 12.3 Å². The Morgan fingerprint density at radius 2 is 2.32 bits per heavy atom. The number of rotatable bonds is 3. The van der Waals surface area contributed by atoms with Crippen LogP contribution in [0.2, 0.25) is 0 Å². The minimum atomic E-state index is -0.946. The van der Waals surface area contributed by atoms with E-state index in [4.69, 9.17) is 5.11 Å². The average Bonchev–Trinajstić information content (AvgIpc) is 2.79. The fraction of sp³-hybridized carbons (Fsp3) is 0.462. The van der Waals surface area contributed by atoms with Crippen LogP contribution in [-0.4, -0.2) is 39.6 Å². The van der Waals surface area contributed by atoms with Crippen molar-refractivity contribution < 1.29 is 14.7 Å². The second-order valence-corrected chi connectivity index (χ2v) is 4.72. The molecule has 19 heavy (non-hydrogen) atoms. The Hall–Kier alpha value is -2.11. The Labute approximate surface area is 111 Å². The number of hydrogen-bond donors (Lipinski definition) is 2. The van der Waals surface area contributed by atoms with Crippen LogP contribution >= 0.6 is 0 Å². The van der Waals surface area contributed by atoms with Gasteiger partial charge in [0.15, 0.2) is 0 Å². The maximum Gasteiger partial charge on any atom is 0.326 e. The van der Waals surface area contributed by atoms with E-state index in [0.717, 1.165) is 5.69 Å². The summed E-state index contributed by atoms with van der Waals surface area (Å²) in [6.07, 6.45) is 2.37. The maximum atomic E-state index is 12.0. The summed E-state index contributed by atoms with van der Waals surface area (Å²) in [6.45, 7) is 2.63. The summed E-state index contributed by atoms with van der Waals surface area (Å²) in [5.74, 6) is -0.962. The number of urea groups is 1. The highest BCUT2D eigenvalue weighted by Gasteiger charge is 2.39. The van der Waals surface area contributed by atoms with E-state index in [0.29, 0.717) is 19.5 Å². The molecule has 102 valence electrons. The van der Waals surface area contributed by atoms with E-state index >= 15 is 0 Å². The van der Waals surface area contributed by atoms with Crippen LogP contribution in [-0.2, 0) is 11.3 Å².